The summed E-state index contributed by atoms with van der Waals surface area (Å²) in [7, 11) is 0. The largest absolute Gasteiger partial charge is 1.00 e. The average Bonchev–Trinajstić information content (AvgIpc) is 2.15. The summed E-state index contributed by atoms with van der Waals surface area (Å²) in [5.74, 6) is -0.259. The van der Waals surface area contributed by atoms with Gasteiger partial charge in [0.15, 0.2) is 0 Å². The predicted molar refractivity (Wildman–Crippen MR) is 58.7 cm³/mol. The van der Waals surface area contributed by atoms with Crippen molar-refractivity contribution in [3.8, 4) is 5.75 Å². The predicted octanol–water partition coefficient (Wildman–Crippen LogP) is -2.54. The maximum atomic E-state index is 11.3. The molecule has 0 heterocycles. The maximum Gasteiger partial charge on any atom is 1.00 e. The zero-order chi connectivity index (χ0) is 10.6. The van der Waals surface area contributed by atoms with Crippen LogP contribution in [0.25, 0.3) is 0 Å². The van der Waals surface area contributed by atoms with Gasteiger partial charge in [-0.2, -0.15) is 0 Å². The van der Waals surface area contributed by atoms with Crippen molar-refractivity contribution in [3.63, 3.8) is 0 Å². The van der Waals surface area contributed by atoms with E-state index in [4.69, 9.17) is 5.11 Å². The number of amides is 1. The molecular formula is C8H7KN2O2S2. The zero-order valence-corrected chi connectivity index (χ0v) is 12.7. The van der Waals surface area contributed by atoms with E-state index in [0.29, 0.717) is 5.56 Å². The zero-order valence-electron chi connectivity index (χ0n) is 7.98. The number of carbonyl (C=O) groups excluding carboxylic acids is 1. The first-order valence-electron chi connectivity index (χ1n) is 3.66. The van der Waals surface area contributed by atoms with Gasteiger partial charge in [-0.05, 0) is 28.6 Å². The number of carbonyl (C=O) groups is 1. The summed E-state index contributed by atoms with van der Waals surface area (Å²) in [6.07, 6.45) is 0. The van der Waals surface area contributed by atoms with Gasteiger partial charge in [0.05, 0.1) is 0 Å². The number of hydrogen-bond acceptors (Lipinski definition) is 4. The molecule has 0 atom stereocenters. The Morgan fingerprint density at radius 3 is 2.27 bits per heavy atom. The molecule has 0 saturated heterocycles. The van der Waals surface area contributed by atoms with Gasteiger partial charge in [0.25, 0.3) is 5.91 Å². The number of benzene rings is 1. The van der Waals surface area contributed by atoms with E-state index >= 15 is 0 Å². The van der Waals surface area contributed by atoms with E-state index in [2.05, 4.69) is 35.7 Å². The van der Waals surface area contributed by atoms with Gasteiger partial charge in [0.2, 0.25) is 0 Å². The average molecular weight is 266 g/mol. The van der Waals surface area contributed by atoms with Crippen molar-refractivity contribution in [1.82, 2.24) is 10.9 Å². The van der Waals surface area contributed by atoms with Gasteiger partial charge in [-0.15, -0.1) is 0 Å². The van der Waals surface area contributed by atoms with Gasteiger partial charge in [-0.25, -0.2) is 0 Å². The minimum absolute atomic E-state index is 0. The standard InChI is InChI=1S/C8H8N2O2S2.K/c11-6-3-1-5(2-4-6)7(12)9-10-8(13)14;/h1-4,11H,(H,9,12)(H2,10,13,14);/q;+1/p-1. The van der Waals surface area contributed by atoms with Gasteiger partial charge in [0, 0.05) is 5.56 Å². The molecule has 1 amide bonds. The smallest absolute Gasteiger partial charge is 0.508 e. The fourth-order valence-electron chi connectivity index (χ4n) is 0.793. The van der Waals surface area contributed by atoms with Crippen LogP contribution in [0.4, 0.5) is 0 Å². The van der Waals surface area contributed by atoms with E-state index in [1.165, 1.54) is 24.3 Å². The molecule has 1 aromatic carbocycles. The Bertz CT molecular complexity index is 356. The number of rotatable bonds is 1. The summed E-state index contributed by atoms with van der Waals surface area (Å²) in [5.41, 5.74) is 5.05. The number of phenols is 1. The Kier molecular flexibility index (Phi) is 7.62. The Labute approximate surface area is 141 Å². The number of aromatic hydroxyl groups is 1. The molecule has 74 valence electrons. The molecule has 1 aromatic rings. The SMILES string of the molecule is O=C(NNC(=S)[S-])c1ccc(O)cc1.[K+]. The first-order valence-corrected chi connectivity index (χ1v) is 4.47. The second-order valence-corrected chi connectivity index (χ2v) is 3.49. The minimum atomic E-state index is -0.364. The van der Waals surface area contributed by atoms with Crippen molar-refractivity contribution in [2.75, 3.05) is 0 Å². The number of thiocarbonyl (C=S) groups is 1. The van der Waals surface area contributed by atoms with Gasteiger partial charge in [-0.1, -0.05) is 0 Å². The molecular weight excluding hydrogens is 259 g/mol. The molecule has 0 radical (unpaired) electrons. The molecule has 0 aromatic heterocycles. The summed E-state index contributed by atoms with van der Waals surface area (Å²) >= 11 is 9.07. The van der Waals surface area contributed by atoms with Crippen LogP contribution in [0.5, 0.6) is 5.75 Å². The third kappa shape index (κ3) is 5.76. The van der Waals surface area contributed by atoms with Crippen molar-refractivity contribution < 1.29 is 61.3 Å². The van der Waals surface area contributed by atoms with Crippen LogP contribution in [0.3, 0.4) is 0 Å². The number of hydrogen-bond donors (Lipinski definition) is 3. The Balaban J connectivity index is 0.00000196. The minimum Gasteiger partial charge on any atom is -0.508 e. The van der Waals surface area contributed by atoms with Crippen molar-refractivity contribution >= 4 is 35.1 Å². The van der Waals surface area contributed by atoms with Crippen LogP contribution in [0, 0.1) is 0 Å². The van der Waals surface area contributed by atoms with E-state index in [1.807, 2.05) is 0 Å². The molecule has 1 rings (SSSR count). The Morgan fingerprint density at radius 1 is 1.27 bits per heavy atom. The van der Waals surface area contributed by atoms with E-state index in [-0.39, 0.29) is 67.4 Å². The van der Waals surface area contributed by atoms with Crippen LogP contribution in [0.2, 0.25) is 0 Å². The molecule has 15 heavy (non-hydrogen) atoms. The fraction of sp³-hybridized carbons (Fsp3) is 0. The van der Waals surface area contributed by atoms with Gasteiger partial charge in [0.1, 0.15) is 5.75 Å². The maximum absolute atomic E-state index is 11.3. The summed E-state index contributed by atoms with van der Waals surface area (Å²) in [4.78, 5) is 11.3. The summed E-state index contributed by atoms with van der Waals surface area (Å²) in [5, 5.41) is 8.97. The molecule has 0 spiro atoms. The van der Waals surface area contributed by atoms with Crippen LogP contribution in [0.15, 0.2) is 24.3 Å². The van der Waals surface area contributed by atoms with E-state index in [1.54, 1.807) is 0 Å². The van der Waals surface area contributed by atoms with E-state index < -0.39 is 0 Å². The van der Waals surface area contributed by atoms with Crippen molar-refractivity contribution in [2.24, 2.45) is 0 Å². The van der Waals surface area contributed by atoms with E-state index in [9.17, 15) is 4.79 Å². The number of hydrazine groups is 1. The fourth-order valence-corrected chi connectivity index (χ4v) is 0.895. The molecule has 0 aliphatic carbocycles. The van der Waals surface area contributed by atoms with Crippen molar-refractivity contribution in [3.05, 3.63) is 29.8 Å². The van der Waals surface area contributed by atoms with Crippen LogP contribution >= 0.6 is 12.2 Å². The van der Waals surface area contributed by atoms with Crippen molar-refractivity contribution in [2.45, 2.75) is 0 Å². The molecule has 3 N–H and O–H groups in total. The first-order chi connectivity index (χ1) is 6.59. The van der Waals surface area contributed by atoms with Crippen molar-refractivity contribution in [1.29, 1.82) is 0 Å². The molecule has 0 unspecified atom stereocenters. The summed E-state index contributed by atoms with van der Waals surface area (Å²) < 4.78 is 0.0668. The molecule has 7 heteroatoms. The molecule has 0 aliphatic rings. The first kappa shape index (κ1) is 15.2. The summed E-state index contributed by atoms with van der Waals surface area (Å²) in [6.45, 7) is 0. The molecule has 0 saturated carbocycles. The third-order valence-corrected chi connectivity index (χ3v) is 1.61. The Hall–Kier alpha value is 0.236. The molecule has 4 nitrogen and oxygen atoms in total. The molecule has 0 aliphatic heterocycles. The van der Waals surface area contributed by atoms with Crippen LogP contribution in [0.1, 0.15) is 10.4 Å². The second kappa shape index (κ2) is 7.50. The van der Waals surface area contributed by atoms with Gasteiger partial charge in [-0.3, -0.25) is 10.2 Å². The number of nitrogens with one attached hydrogen (secondary N) is 2. The Morgan fingerprint density at radius 2 is 1.80 bits per heavy atom. The second-order valence-electron chi connectivity index (χ2n) is 2.41. The normalized spacial score (nSPS) is 8.53. The quantitative estimate of drug-likeness (QED) is 0.226. The van der Waals surface area contributed by atoms with Gasteiger partial charge < -0.3 is 35.4 Å². The monoisotopic (exact) mass is 266 g/mol. The topological polar surface area (TPSA) is 61.4 Å². The van der Waals surface area contributed by atoms with Crippen LogP contribution < -0.4 is 62.2 Å². The molecule has 0 bridgehead atoms. The summed E-state index contributed by atoms with van der Waals surface area (Å²) in [6, 6.07) is 5.80. The van der Waals surface area contributed by atoms with Crippen LogP contribution in [-0.2, 0) is 12.6 Å². The van der Waals surface area contributed by atoms with Gasteiger partial charge >= 0.3 is 51.4 Å². The third-order valence-electron chi connectivity index (χ3n) is 1.41. The number of phenolic OH excluding ortho intramolecular Hbond substituents is 1. The molecule has 0 fully saturated rings. The van der Waals surface area contributed by atoms with E-state index in [0.717, 1.165) is 0 Å². The van der Waals surface area contributed by atoms with Crippen LogP contribution in [-0.4, -0.2) is 15.3 Å².